The predicted octanol–water partition coefficient (Wildman–Crippen LogP) is 7.07. The highest BCUT2D eigenvalue weighted by molar-refractivity contribution is 7.54. The van der Waals surface area contributed by atoms with E-state index in [4.69, 9.17) is 9.05 Å². The average molecular weight is 364 g/mol. The van der Waals surface area contributed by atoms with E-state index >= 15 is 0 Å². The number of halogens is 1. The van der Waals surface area contributed by atoms with Gasteiger partial charge in [0.25, 0.3) is 0 Å². The fourth-order valence-corrected chi connectivity index (χ4v) is 4.08. The van der Waals surface area contributed by atoms with Gasteiger partial charge in [-0.15, -0.1) is 0 Å². The molecular weight excluding hydrogens is 326 g/mol. The summed E-state index contributed by atoms with van der Waals surface area (Å²) in [4.78, 5) is 0. The first-order valence-corrected chi connectivity index (χ1v) is 11.5. The largest absolute Gasteiger partial charge is 0.334 e. The van der Waals surface area contributed by atoms with Gasteiger partial charge in [-0.1, -0.05) is 70.4 Å². The molecule has 0 aromatic carbocycles. The minimum absolute atomic E-state index is 0.221. The number of hydrogen-bond donors (Lipinski definition) is 0. The fourth-order valence-electron chi connectivity index (χ4n) is 2.60. The molecule has 144 valence electrons. The molecule has 0 fully saturated rings. The van der Waals surface area contributed by atoms with Crippen LogP contribution in [0.25, 0.3) is 0 Å². The Labute approximate surface area is 148 Å². The van der Waals surface area contributed by atoms with Crippen LogP contribution < -0.4 is 0 Å². The molecule has 0 bridgehead atoms. The van der Waals surface area contributed by atoms with Crippen molar-refractivity contribution in [3.63, 3.8) is 0 Å². The molecule has 0 heterocycles. The zero-order chi connectivity index (χ0) is 18.1. The quantitative estimate of drug-likeness (QED) is 0.157. The van der Waals surface area contributed by atoms with Gasteiger partial charge in [0.1, 0.15) is 6.17 Å². The Kier molecular flexibility index (Phi) is 16.2. The molecule has 0 aromatic rings. The molecule has 0 aliphatic carbocycles. The monoisotopic (exact) mass is 364 g/mol. The van der Waals surface area contributed by atoms with Crippen molar-refractivity contribution in [2.75, 3.05) is 19.4 Å². The Morgan fingerprint density at radius 2 is 1.42 bits per heavy atom. The first kappa shape index (κ1) is 23.8. The van der Waals surface area contributed by atoms with Crippen LogP contribution in [0.4, 0.5) is 4.39 Å². The SMILES string of the molecule is CCCCCCCCCCC(F)C/C=C/CP(=O)(OCC)OCC. The first-order chi connectivity index (χ1) is 11.6. The van der Waals surface area contributed by atoms with Gasteiger partial charge in [-0.2, -0.15) is 0 Å². The van der Waals surface area contributed by atoms with Crippen LogP contribution in [-0.2, 0) is 13.6 Å². The van der Waals surface area contributed by atoms with Gasteiger partial charge in [0.05, 0.1) is 19.4 Å². The number of alkyl halides is 1. The molecule has 5 heteroatoms. The minimum Gasteiger partial charge on any atom is -0.309 e. The lowest BCUT2D eigenvalue weighted by Gasteiger charge is -2.14. The number of hydrogen-bond acceptors (Lipinski definition) is 3. The molecule has 0 aliphatic heterocycles. The van der Waals surface area contributed by atoms with Gasteiger partial charge in [-0.25, -0.2) is 4.39 Å². The third kappa shape index (κ3) is 14.2. The highest BCUT2D eigenvalue weighted by Gasteiger charge is 2.21. The standard InChI is InChI=1S/C19H38FO3P/c1-4-7-8-9-10-11-12-13-16-19(20)17-14-15-18-24(21,22-5-2)23-6-3/h14-15,19H,4-13,16-18H2,1-3H3/b15-14+. The minimum atomic E-state index is -3.03. The third-order valence-corrected chi connectivity index (χ3v) is 5.87. The fraction of sp³-hybridized carbons (Fsp3) is 0.895. The van der Waals surface area contributed by atoms with E-state index in [1.54, 1.807) is 26.0 Å². The van der Waals surface area contributed by atoms with Crippen molar-refractivity contribution < 1.29 is 18.0 Å². The second-order valence-electron chi connectivity index (χ2n) is 6.20. The van der Waals surface area contributed by atoms with Crippen molar-refractivity contribution in [2.45, 2.75) is 91.2 Å². The van der Waals surface area contributed by atoms with Crippen molar-refractivity contribution in [3.05, 3.63) is 12.2 Å². The van der Waals surface area contributed by atoms with Crippen molar-refractivity contribution in [3.8, 4) is 0 Å². The van der Waals surface area contributed by atoms with E-state index in [2.05, 4.69) is 6.92 Å². The lowest BCUT2D eigenvalue weighted by molar-refractivity contribution is 0.222. The number of allylic oxidation sites excluding steroid dienone is 2. The Hall–Kier alpha value is -0.180. The van der Waals surface area contributed by atoms with Gasteiger partial charge in [-0.3, -0.25) is 4.57 Å². The van der Waals surface area contributed by atoms with Gasteiger partial charge in [-0.05, 0) is 26.7 Å². The molecule has 0 N–H and O–H groups in total. The van der Waals surface area contributed by atoms with Crippen LogP contribution in [0.2, 0.25) is 0 Å². The first-order valence-electron chi connectivity index (χ1n) is 9.75. The summed E-state index contributed by atoms with van der Waals surface area (Å²) in [7, 11) is -3.03. The van der Waals surface area contributed by atoms with Gasteiger partial charge in [0.2, 0.25) is 0 Å². The van der Waals surface area contributed by atoms with E-state index < -0.39 is 13.8 Å². The maximum Gasteiger partial charge on any atom is 0.334 e. The summed E-state index contributed by atoms with van der Waals surface area (Å²) in [5.74, 6) is 0. The van der Waals surface area contributed by atoms with Crippen LogP contribution in [0.1, 0.15) is 85.0 Å². The molecule has 0 rings (SSSR count). The highest BCUT2D eigenvalue weighted by atomic mass is 31.2. The van der Waals surface area contributed by atoms with Crippen LogP contribution >= 0.6 is 7.60 Å². The summed E-state index contributed by atoms with van der Waals surface area (Å²) in [6.45, 7) is 6.51. The summed E-state index contributed by atoms with van der Waals surface area (Å²) in [6, 6.07) is 0. The zero-order valence-corrected chi connectivity index (χ0v) is 16.9. The molecule has 0 spiro atoms. The predicted molar refractivity (Wildman–Crippen MR) is 102 cm³/mol. The summed E-state index contributed by atoms with van der Waals surface area (Å²) in [5.41, 5.74) is 0. The van der Waals surface area contributed by atoms with Gasteiger partial charge in [0.15, 0.2) is 0 Å². The van der Waals surface area contributed by atoms with Crippen LogP contribution in [0.5, 0.6) is 0 Å². The molecule has 3 nitrogen and oxygen atoms in total. The molecule has 24 heavy (non-hydrogen) atoms. The van der Waals surface area contributed by atoms with Crippen molar-refractivity contribution in [2.24, 2.45) is 0 Å². The van der Waals surface area contributed by atoms with E-state index in [1.807, 2.05) is 0 Å². The molecule has 0 amide bonds. The molecule has 1 atom stereocenters. The molecule has 0 aliphatic rings. The Morgan fingerprint density at radius 1 is 0.875 bits per heavy atom. The summed E-state index contributed by atoms with van der Waals surface area (Å²) >= 11 is 0. The molecular formula is C19H38FO3P. The van der Waals surface area contributed by atoms with Crippen LogP contribution in [-0.4, -0.2) is 25.5 Å². The van der Waals surface area contributed by atoms with Gasteiger partial charge >= 0.3 is 7.60 Å². The summed E-state index contributed by atoms with van der Waals surface area (Å²) in [5, 5.41) is 0. The maximum absolute atomic E-state index is 13.8. The van der Waals surface area contributed by atoms with Crippen molar-refractivity contribution in [1.82, 2.24) is 0 Å². The Balaban J connectivity index is 3.70. The molecule has 0 radical (unpaired) electrons. The highest BCUT2D eigenvalue weighted by Crippen LogP contribution is 2.47. The normalized spacial score (nSPS) is 13.7. The van der Waals surface area contributed by atoms with Gasteiger partial charge < -0.3 is 9.05 Å². The topological polar surface area (TPSA) is 35.5 Å². The van der Waals surface area contributed by atoms with Crippen LogP contribution in [0.3, 0.4) is 0 Å². The smallest absolute Gasteiger partial charge is 0.309 e. The Bertz CT molecular complexity index is 338. The average Bonchev–Trinajstić information content (AvgIpc) is 2.54. The van der Waals surface area contributed by atoms with E-state index in [1.165, 1.54) is 38.5 Å². The number of unbranched alkanes of at least 4 members (excludes halogenated alkanes) is 7. The van der Waals surface area contributed by atoms with Crippen molar-refractivity contribution in [1.29, 1.82) is 0 Å². The third-order valence-electron chi connectivity index (χ3n) is 3.91. The van der Waals surface area contributed by atoms with Crippen LogP contribution in [0.15, 0.2) is 12.2 Å². The summed E-state index contributed by atoms with van der Waals surface area (Å²) in [6.07, 6.45) is 13.8. The van der Waals surface area contributed by atoms with E-state index in [-0.39, 0.29) is 6.16 Å². The van der Waals surface area contributed by atoms with Crippen LogP contribution in [0, 0.1) is 0 Å². The number of rotatable bonds is 17. The molecule has 0 saturated carbocycles. The summed E-state index contributed by atoms with van der Waals surface area (Å²) < 4.78 is 36.4. The van der Waals surface area contributed by atoms with E-state index in [0.717, 1.165) is 12.8 Å². The van der Waals surface area contributed by atoms with Gasteiger partial charge in [0, 0.05) is 0 Å². The molecule has 0 aromatic heterocycles. The van der Waals surface area contributed by atoms with E-state index in [0.29, 0.717) is 26.1 Å². The molecule has 0 saturated heterocycles. The van der Waals surface area contributed by atoms with Crippen molar-refractivity contribution >= 4 is 7.60 Å². The second-order valence-corrected chi connectivity index (χ2v) is 8.30. The lowest BCUT2D eigenvalue weighted by atomic mass is 10.0. The zero-order valence-electron chi connectivity index (χ0n) is 16.0. The Morgan fingerprint density at radius 3 is 1.96 bits per heavy atom. The second kappa shape index (κ2) is 16.3. The van der Waals surface area contributed by atoms with E-state index in [9.17, 15) is 8.96 Å². The maximum atomic E-state index is 13.8. The molecule has 1 unspecified atom stereocenters. The lowest BCUT2D eigenvalue weighted by Crippen LogP contribution is -2.00.